The second-order valence-electron chi connectivity index (χ2n) is 3.85. The van der Waals surface area contributed by atoms with Gasteiger partial charge in [-0.15, -0.1) is 11.8 Å². The van der Waals surface area contributed by atoms with E-state index in [9.17, 15) is 0 Å². The van der Waals surface area contributed by atoms with Crippen molar-refractivity contribution < 1.29 is 0 Å². The summed E-state index contributed by atoms with van der Waals surface area (Å²) in [5.41, 5.74) is 0. The molecule has 0 aliphatic heterocycles. The van der Waals surface area contributed by atoms with Gasteiger partial charge in [0, 0.05) is 23.9 Å². The van der Waals surface area contributed by atoms with Crippen LogP contribution in [0.4, 0.5) is 0 Å². The summed E-state index contributed by atoms with van der Waals surface area (Å²) in [5, 5.41) is 4.14. The predicted octanol–water partition coefficient (Wildman–Crippen LogP) is 2.71. The Morgan fingerprint density at radius 3 is 2.71 bits per heavy atom. The summed E-state index contributed by atoms with van der Waals surface area (Å²) in [6.45, 7) is 4.51. The summed E-state index contributed by atoms with van der Waals surface area (Å²) in [5.74, 6) is 3.48. The van der Waals surface area contributed by atoms with Gasteiger partial charge in [0.2, 0.25) is 0 Å². The highest BCUT2D eigenvalue weighted by Gasteiger charge is 2.12. The summed E-state index contributed by atoms with van der Waals surface area (Å²) in [4.78, 5) is 1.25. The Labute approximate surface area is 95.9 Å². The SMILES string of the molecule is CC(C)C(CS)CSc1cnn(C)c1. The van der Waals surface area contributed by atoms with Crippen molar-refractivity contribution in [2.24, 2.45) is 18.9 Å². The molecule has 0 bridgehead atoms. The van der Waals surface area contributed by atoms with E-state index in [0.29, 0.717) is 11.8 Å². The van der Waals surface area contributed by atoms with Crippen LogP contribution in [0.3, 0.4) is 0 Å². The van der Waals surface area contributed by atoms with E-state index in [0.717, 1.165) is 11.5 Å². The number of aryl methyl sites for hydroxylation is 1. The molecule has 1 rings (SSSR count). The fourth-order valence-corrected chi connectivity index (χ4v) is 3.12. The minimum Gasteiger partial charge on any atom is -0.275 e. The van der Waals surface area contributed by atoms with Gasteiger partial charge in [0.15, 0.2) is 0 Å². The molecule has 0 fully saturated rings. The highest BCUT2D eigenvalue weighted by Crippen LogP contribution is 2.24. The Bertz CT molecular complexity index is 271. The number of thioether (sulfide) groups is 1. The third kappa shape index (κ3) is 3.58. The van der Waals surface area contributed by atoms with Crippen molar-refractivity contribution in [1.82, 2.24) is 9.78 Å². The molecule has 0 N–H and O–H groups in total. The van der Waals surface area contributed by atoms with Crippen molar-refractivity contribution in [2.45, 2.75) is 18.7 Å². The van der Waals surface area contributed by atoms with Crippen LogP contribution in [0.25, 0.3) is 0 Å². The van der Waals surface area contributed by atoms with Gasteiger partial charge >= 0.3 is 0 Å². The molecule has 1 heterocycles. The number of nitrogens with zero attached hydrogens (tertiary/aromatic N) is 2. The van der Waals surface area contributed by atoms with Crippen molar-refractivity contribution >= 4 is 24.4 Å². The third-order valence-electron chi connectivity index (χ3n) is 2.32. The first-order valence-electron chi connectivity index (χ1n) is 4.85. The molecule has 0 aromatic carbocycles. The van der Waals surface area contributed by atoms with E-state index in [-0.39, 0.29) is 0 Å². The third-order valence-corrected chi connectivity index (χ3v) is 3.93. The molecular weight excluding hydrogens is 212 g/mol. The normalized spacial score (nSPS) is 13.5. The highest BCUT2D eigenvalue weighted by atomic mass is 32.2. The van der Waals surface area contributed by atoms with Crippen LogP contribution in [0, 0.1) is 11.8 Å². The quantitative estimate of drug-likeness (QED) is 0.619. The van der Waals surface area contributed by atoms with Gasteiger partial charge in [-0.25, -0.2) is 0 Å². The molecule has 0 saturated carbocycles. The maximum Gasteiger partial charge on any atom is 0.0625 e. The maximum absolute atomic E-state index is 4.37. The first-order valence-corrected chi connectivity index (χ1v) is 6.47. The summed E-state index contributed by atoms with van der Waals surface area (Å²) in [7, 11) is 1.95. The average molecular weight is 230 g/mol. The molecule has 0 spiro atoms. The van der Waals surface area contributed by atoms with E-state index in [1.165, 1.54) is 4.90 Å². The molecule has 1 aromatic rings. The number of hydrogen-bond donors (Lipinski definition) is 1. The molecule has 2 nitrogen and oxygen atoms in total. The second kappa shape index (κ2) is 5.71. The van der Waals surface area contributed by atoms with Gasteiger partial charge in [0.1, 0.15) is 0 Å². The van der Waals surface area contributed by atoms with E-state index >= 15 is 0 Å². The largest absolute Gasteiger partial charge is 0.275 e. The van der Waals surface area contributed by atoms with Crippen molar-refractivity contribution in [3.63, 3.8) is 0 Å². The van der Waals surface area contributed by atoms with E-state index < -0.39 is 0 Å². The predicted molar refractivity (Wildman–Crippen MR) is 66.1 cm³/mol. The van der Waals surface area contributed by atoms with Crippen molar-refractivity contribution in [3.8, 4) is 0 Å². The number of rotatable bonds is 5. The van der Waals surface area contributed by atoms with Crippen LogP contribution >= 0.6 is 24.4 Å². The Morgan fingerprint density at radius 2 is 2.29 bits per heavy atom. The molecule has 4 heteroatoms. The number of aromatic nitrogens is 2. The minimum atomic E-state index is 0.684. The monoisotopic (exact) mass is 230 g/mol. The van der Waals surface area contributed by atoms with Crippen LogP contribution in [0.1, 0.15) is 13.8 Å². The van der Waals surface area contributed by atoms with Gasteiger partial charge in [-0.05, 0) is 17.6 Å². The molecule has 1 unspecified atom stereocenters. The lowest BCUT2D eigenvalue weighted by Gasteiger charge is -2.17. The minimum absolute atomic E-state index is 0.684. The molecule has 80 valence electrons. The molecule has 1 aromatic heterocycles. The molecule has 0 amide bonds. The lowest BCUT2D eigenvalue weighted by Crippen LogP contribution is -2.13. The fourth-order valence-electron chi connectivity index (χ4n) is 1.13. The highest BCUT2D eigenvalue weighted by molar-refractivity contribution is 7.99. The van der Waals surface area contributed by atoms with Crippen LogP contribution in [-0.2, 0) is 7.05 Å². The standard InChI is InChI=1S/C10H18N2S2/c1-8(2)9(6-13)7-14-10-4-11-12(3)5-10/h4-5,8-9,13H,6-7H2,1-3H3. The Balaban J connectivity index is 2.39. The molecule has 0 aliphatic carbocycles. The first kappa shape index (κ1) is 12.0. The molecule has 0 saturated heterocycles. The van der Waals surface area contributed by atoms with Gasteiger partial charge in [-0.1, -0.05) is 13.8 Å². The number of thiol groups is 1. The zero-order valence-corrected chi connectivity index (χ0v) is 10.7. The summed E-state index contributed by atoms with van der Waals surface area (Å²) in [6.07, 6.45) is 3.97. The summed E-state index contributed by atoms with van der Waals surface area (Å²) < 4.78 is 1.84. The summed E-state index contributed by atoms with van der Waals surface area (Å²) in [6, 6.07) is 0. The van der Waals surface area contributed by atoms with Crippen molar-refractivity contribution in [1.29, 1.82) is 0 Å². The van der Waals surface area contributed by atoms with Crippen LogP contribution in [0.15, 0.2) is 17.3 Å². The molecule has 0 aliphatic rings. The number of hydrogen-bond acceptors (Lipinski definition) is 3. The molecule has 14 heavy (non-hydrogen) atoms. The van der Waals surface area contributed by atoms with Crippen LogP contribution in [0.2, 0.25) is 0 Å². The van der Waals surface area contributed by atoms with Crippen molar-refractivity contribution in [3.05, 3.63) is 12.4 Å². The smallest absolute Gasteiger partial charge is 0.0625 e. The Kier molecular flexibility index (Phi) is 4.89. The Morgan fingerprint density at radius 1 is 1.57 bits per heavy atom. The topological polar surface area (TPSA) is 17.8 Å². The fraction of sp³-hybridized carbons (Fsp3) is 0.700. The zero-order chi connectivity index (χ0) is 10.6. The first-order chi connectivity index (χ1) is 6.63. The molecule has 1 atom stereocenters. The van der Waals surface area contributed by atoms with Crippen molar-refractivity contribution in [2.75, 3.05) is 11.5 Å². The van der Waals surface area contributed by atoms with Gasteiger partial charge in [-0.2, -0.15) is 17.7 Å². The summed E-state index contributed by atoms with van der Waals surface area (Å²) >= 11 is 6.24. The van der Waals surface area contributed by atoms with E-state index in [4.69, 9.17) is 0 Å². The molecule has 0 radical (unpaired) electrons. The van der Waals surface area contributed by atoms with Gasteiger partial charge in [-0.3, -0.25) is 4.68 Å². The lowest BCUT2D eigenvalue weighted by atomic mass is 10.0. The van der Waals surface area contributed by atoms with Gasteiger partial charge in [0.25, 0.3) is 0 Å². The lowest BCUT2D eigenvalue weighted by molar-refractivity contribution is 0.473. The zero-order valence-electron chi connectivity index (χ0n) is 8.97. The van der Waals surface area contributed by atoms with Gasteiger partial charge in [0.05, 0.1) is 6.20 Å². The Hall–Kier alpha value is -0.0900. The van der Waals surface area contributed by atoms with E-state index in [2.05, 4.69) is 37.8 Å². The van der Waals surface area contributed by atoms with E-state index in [1.54, 1.807) is 0 Å². The maximum atomic E-state index is 4.37. The van der Waals surface area contributed by atoms with Crippen LogP contribution < -0.4 is 0 Å². The van der Waals surface area contributed by atoms with Crippen LogP contribution in [0.5, 0.6) is 0 Å². The average Bonchev–Trinajstić information content (AvgIpc) is 2.52. The second-order valence-corrected chi connectivity index (χ2v) is 5.31. The molecular formula is C10H18N2S2. The van der Waals surface area contributed by atoms with Crippen LogP contribution in [-0.4, -0.2) is 21.3 Å². The van der Waals surface area contributed by atoms with Gasteiger partial charge < -0.3 is 0 Å². The van der Waals surface area contributed by atoms with E-state index in [1.807, 2.05) is 29.7 Å².